The molecule has 1 atom stereocenters. The van der Waals surface area contributed by atoms with Crippen LogP contribution >= 0.6 is 0 Å². The normalized spacial score (nSPS) is 18.3. The Morgan fingerprint density at radius 2 is 1.92 bits per heavy atom. The van der Waals surface area contributed by atoms with Crippen LogP contribution in [0, 0.1) is 17.2 Å². The van der Waals surface area contributed by atoms with E-state index in [1.54, 1.807) is 4.90 Å². The number of benzene rings is 1. The van der Waals surface area contributed by atoms with Crippen molar-refractivity contribution in [1.82, 2.24) is 4.90 Å². The van der Waals surface area contributed by atoms with Crippen LogP contribution in [0.25, 0.3) is 0 Å². The lowest BCUT2D eigenvalue weighted by Crippen LogP contribution is -2.42. The summed E-state index contributed by atoms with van der Waals surface area (Å²) in [6, 6.07) is 5.50. The van der Waals surface area contributed by atoms with Crippen molar-refractivity contribution >= 4 is 11.9 Å². The molecule has 0 spiro atoms. The van der Waals surface area contributed by atoms with Gasteiger partial charge in [-0.25, -0.2) is 4.39 Å². The molecule has 1 aliphatic heterocycles. The quantitative estimate of drug-likeness (QED) is 0.789. The van der Waals surface area contributed by atoms with E-state index in [-0.39, 0.29) is 29.0 Å². The molecule has 0 saturated carbocycles. The Hall–Kier alpha value is -1.91. The third kappa shape index (κ3) is 5.32. The maximum atomic E-state index is 13.0. The maximum Gasteiger partial charge on any atom is 0.310 e. The van der Waals surface area contributed by atoms with Crippen LogP contribution in [0.5, 0.6) is 0 Å². The highest BCUT2D eigenvalue weighted by Gasteiger charge is 2.30. The largest absolute Gasteiger partial charge is 0.465 e. The van der Waals surface area contributed by atoms with Gasteiger partial charge in [-0.3, -0.25) is 9.59 Å². The third-order valence-electron chi connectivity index (χ3n) is 4.23. The van der Waals surface area contributed by atoms with Crippen molar-refractivity contribution in [2.24, 2.45) is 11.3 Å². The Balaban J connectivity index is 1.90. The topological polar surface area (TPSA) is 46.6 Å². The summed E-state index contributed by atoms with van der Waals surface area (Å²) < 4.78 is 18.4. The number of likely N-dealkylation sites (tertiary alicyclic amines) is 1. The lowest BCUT2D eigenvalue weighted by atomic mass is 9.93. The first-order chi connectivity index (χ1) is 11.3. The second kappa shape index (κ2) is 7.77. The van der Waals surface area contributed by atoms with Gasteiger partial charge in [0.15, 0.2) is 0 Å². The van der Waals surface area contributed by atoms with Crippen LogP contribution in [0.1, 0.15) is 50.4 Å². The molecule has 0 bridgehead atoms. The molecule has 5 heteroatoms. The van der Waals surface area contributed by atoms with Gasteiger partial charge in [-0.15, -0.1) is 0 Å². The van der Waals surface area contributed by atoms with Gasteiger partial charge in [0.1, 0.15) is 5.82 Å². The summed E-state index contributed by atoms with van der Waals surface area (Å²) in [5.74, 6) is -1.04. The Bertz CT molecular complexity index is 577. The Morgan fingerprint density at radius 3 is 2.54 bits per heavy atom. The SMILES string of the molecule is CC(C)(C)CCOC(=O)C1CCCN(C(=O)c2ccc(F)cc2)C1. The molecule has 0 N–H and O–H groups in total. The van der Waals surface area contributed by atoms with Crippen LogP contribution in [-0.4, -0.2) is 36.5 Å². The van der Waals surface area contributed by atoms with E-state index in [9.17, 15) is 14.0 Å². The average Bonchev–Trinajstić information content (AvgIpc) is 2.54. The lowest BCUT2D eigenvalue weighted by Gasteiger charge is -2.32. The standard InChI is InChI=1S/C19H26FNO3/c1-19(2,3)10-12-24-18(23)15-5-4-11-21(13-15)17(22)14-6-8-16(20)9-7-14/h6-9,15H,4-5,10-13H2,1-3H3. The molecule has 0 aromatic heterocycles. The molecule has 1 heterocycles. The molecule has 1 saturated heterocycles. The third-order valence-corrected chi connectivity index (χ3v) is 4.23. The van der Waals surface area contributed by atoms with Gasteiger partial charge in [0.05, 0.1) is 12.5 Å². The highest BCUT2D eigenvalue weighted by Crippen LogP contribution is 2.22. The molecule has 1 amide bonds. The Kier molecular flexibility index (Phi) is 5.97. The van der Waals surface area contributed by atoms with Crippen molar-refractivity contribution in [2.45, 2.75) is 40.0 Å². The molecule has 132 valence electrons. The Morgan fingerprint density at radius 1 is 1.25 bits per heavy atom. The highest BCUT2D eigenvalue weighted by molar-refractivity contribution is 5.94. The van der Waals surface area contributed by atoms with Crippen molar-refractivity contribution in [3.05, 3.63) is 35.6 Å². The van der Waals surface area contributed by atoms with Crippen molar-refractivity contribution in [3.63, 3.8) is 0 Å². The van der Waals surface area contributed by atoms with E-state index in [0.717, 1.165) is 19.3 Å². The fourth-order valence-corrected chi connectivity index (χ4v) is 2.70. The second-order valence-electron chi connectivity index (χ2n) is 7.58. The minimum Gasteiger partial charge on any atom is -0.465 e. The minimum atomic E-state index is -0.370. The zero-order valence-corrected chi connectivity index (χ0v) is 14.7. The molecule has 1 aromatic rings. The summed E-state index contributed by atoms with van der Waals surface area (Å²) in [6.07, 6.45) is 2.32. The first kappa shape index (κ1) is 18.4. The van der Waals surface area contributed by atoms with Crippen LogP contribution in [-0.2, 0) is 9.53 Å². The van der Waals surface area contributed by atoms with Crippen LogP contribution in [0.4, 0.5) is 4.39 Å². The van der Waals surface area contributed by atoms with E-state index in [1.165, 1.54) is 24.3 Å². The maximum absolute atomic E-state index is 13.0. The fourth-order valence-electron chi connectivity index (χ4n) is 2.70. The average molecular weight is 335 g/mol. The summed E-state index contributed by atoms with van der Waals surface area (Å²) in [6.45, 7) is 7.69. The first-order valence-corrected chi connectivity index (χ1v) is 8.48. The van der Waals surface area contributed by atoms with E-state index < -0.39 is 0 Å². The molecular weight excluding hydrogens is 309 g/mol. The summed E-state index contributed by atoms with van der Waals surface area (Å²) in [7, 11) is 0. The summed E-state index contributed by atoms with van der Waals surface area (Å²) in [5.41, 5.74) is 0.565. The van der Waals surface area contributed by atoms with Gasteiger partial charge < -0.3 is 9.64 Å². The van der Waals surface area contributed by atoms with E-state index in [2.05, 4.69) is 20.8 Å². The van der Waals surface area contributed by atoms with E-state index in [1.807, 2.05) is 0 Å². The van der Waals surface area contributed by atoms with Crippen molar-refractivity contribution in [1.29, 1.82) is 0 Å². The molecular formula is C19H26FNO3. The lowest BCUT2D eigenvalue weighted by molar-refractivity contribution is -0.150. The zero-order chi connectivity index (χ0) is 17.7. The fraction of sp³-hybridized carbons (Fsp3) is 0.579. The van der Waals surface area contributed by atoms with Gasteiger partial charge in [-0.1, -0.05) is 20.8 Å². The first-order valence-electron chi connectivity index (χ1n) is 8.48. The minimum absolute atomic E-state index is 0.122. The number of hydrogen-bond donors (Lipinski definition) is 0. The smallest absolute Gasteiger partial charge is 0.310 e. The number of halogens is 1. The number of rotatable bonds is 4. The number of carbonyl (C=O) groups excluding carboxylic acids is 2. The number of hydrogen-bond acceptors (Lipinski definition) is 3. The van der Waals surface area contributed by atoms with Crippen molar-refractivity contribution in [3.8, 4) is 0 Å². The predicted molar refractivity (Wildman–Crippen MR) is 90.1 cm³/mol. The van der Waals surface area contributed by atoms with Crippen LogP contribution < -0.4 is 0 Å². The molecule has 2 rings (SSSR count). The number of carbonyl (C=O) groups is 2. The van der Waals surface area contributed by atoms with Crippen molar-refractivity contribution in [2.75, 3.05) is 19.7 Å². The molecule has 0 aliphatic carbocycles. The van der Waals surface area contributed by atoms with Crippen LogP contribution in [0.3, 0.4) is 0 Å². The number of ether oxygens (including phenoxy) is 1. The number of nitrogens with zero attached hydrogens (tertiary/aromatic N) is 1. The molecule has 4 nitrogen and oxygen atoms in total. The molecule has 1 unspecified atom stereocenters. The van der Waals surface area contributed by atoms with Gasteiger partial charge in [-0.05, 0) is 48.9 Å². The second-order valence-corrected chi connectivity index (χ2v) is 7.58. The summed E-state index contributed by atoms with van der Waals surface area (Å²) in [4.78, 5) is 26.4. The Labute approximate surface area is 143 Å². The van der Waals surface area contributed by atoms with Gasteiger partial charge in [-0.2, -0.15) is 0 Å². The predicted octanol–water partition coefficient (Wildman–Crippen LogP) is 3.66. The van der Waals surface area contributed by atoms with Gasteiger partial charge in [0.25, 0.3) is 5.91 Å². The van der Waals surface area contributed by atoms with E-state index >= 15 is 0 Å². The zero-order valence-electron chi connectivity index (χ0n) is 14.7. The summed E-state index contributed by atoms with van der Waals surface area (Å²) >= 11 is 0. The molecule has 1 aromatic carbocycles. The number of esters is 1. The summed E-state index contributed by atoms with van der Waals surface area (Å²) in [5, 5.41) is 0. The van der Waals surface area contributed by atoms with Gasteiger partial charge in [0.2, 0.25) is 0 Å². The van der Waals surface area contributed by atoms with Gasteiger partial charge in [0, 0.05) is 18.7 Å². The van der Waals surface area contributed by atoms with Crippen LogP contribution in [0.2, 0.25) is 0 Å². The molecule has 0 radical (unpaired) electrons. The molecule has 1 aliphatic rings. The molecule has 1 fully saturated rings. The monoisotopic (exact) mass is 335 g/mol. The number of amides is 1. The number of piperidine rings is 1. The van der Waals surface area contributed by atoms with Crippen molar-refractivity contribution < 1.29 is 18.7 Å². The van der Waals surface area contributed by atoms with Crippen LogP contribution in [0.15, 0.2) is 24.3 Å². The van der Waals surface area contributed by atoms with E-state index in [0.29, 0.717) is 25.3 Å². The van der Waals surface area contributed by atoms with E-state index in [4.69, 9.17) is 4.74 Å². The highest BCUT2D eigenvalue weighted by atomic mass is 19.1. The molecule has 24 heavy (non-hydrogen) atoms. The van der Waals surface area contributed by atoms with Gasteiger partial charge >= 0.3 is 5.97 Å².